The van der Waals surface area contributed by atoms with E-state index in [1.54, 1.807) is 0 Å². The molecule has 4 heteroatoms. The molecule has 3 rings (SSSR count). The maximum Gasteiger partial charge on any atom is 0.223 e. The highest BCUT2D eigenvalue weighted by molar-refractivity contribution is 5.78. The molecule has 112 valence electrons. The molecule has 4 nitrogen and oxygen atoms in total. The molecule has 1 aromatic heterocycles. The third-order valence-electron chi connectivity index (χ3n) is 4.46. The van der Waals surface area contributed by atoms with Crippen molar-refractivity contribution in [2.45, 2.75) is 45.6 Å². The second-order valence-electron chi connectivity index (χ2n) is 5.93. The van der Waals surface area contributed by atoms with Crippen LogP contribution in [-0.2, 0) is 11.3 Å². The Kier molecular flexibility index (Phi) is 4.23. The van der Waals surface area contributed by atoms with Crippen LogP contribution >= 0.6 is 0 Å². The highest BCUT2D eigenvalue weighted by Crippen LogP contribution is 2.23. The second kappa shape index (κ2) is 6.29. The molecule has 1 fully saturated rings. The summed E-state index contributed by atoms with van der Waals surface area (Å²) in [7, 11) is 0. The van der Waals surface area contributed by atoms with E-state index in [4.69, 9.17) is 0 Å². The van der Waals surface area contributed by atoms with E-state index in [2.05, 4.69) is 20.9 Å². The summed E-state index contributed by atoms with van der Waals surface area (Å²) in [5, 5.41) is 3.10. The average Bonchev–Trinajstić information content (AvgIpc) is 2.84. The molecule has 0 aliphatic heterocycles. The van der Waals surface area contributed by atoms with Gasteiger partial charge in [0.15, 0.2) is 0 Å². The summed E-state index contributed by atoms with van der Waals surface area (Å²) in [6.07, 6.45) is 5.79. The van der Waals surface area contributed by atoms with E-state index in [0.717, 1.165) is 36.2 Å². The first kappa shape index (κ1) is 14.1. The fraction of sp³-hybridized carbons (Fsp3) is 0.529. The van der Waals surface area contributed by atoms with Crippen LogP contribution in [0, 0.1) is 12.8 Å². The third-order valence-corrected chi connectivity index (χ3v) is 4.46. The van der Waals surface area contributed by atoms with Gasteiger partial charge in [0.25, 0.3) is 0 Å². The Labute approximate surface area is 125 Å². The number of nitrogens with zero attached hydrogens (tertiary/aromatic N) is 2. The summed E-state index contributed by atoms with van der Waals surface area (Å²) in [6.45, 7) is 3.48. The van der Waals surface area contributed by atoms with E-state index < -0.39 is 0 Å². The zero-order chi connectivity index (χ0) is 14.7. The number of nitrogens with one attached hydrogen (secondary N) is 1. The van der Waals surface area contributed by atoms with Crippen LogP contribution in [0.3, 0.4) is 0 Å². The fourth-order valence-electron chi connectivity index (χ4n) is 3.28. The van der Waals surface area contributed by atoms with Crippen LogP contribution in [0.2, 0.25) is 0 Å². The maximum atomic E-state index is 12.1. The Bertz CT molecular complexity index is 626. The molecule has 0 bridgehead atoms. The first-order valence-electron chi connectivity index (χ1n) is 7.95. The normalized spacial score (nSPS) is 16.2. The van der Waals surface area contributed by atoms with Gasteiger partial charge in [-0.15, -0.1) is 0 Å². The van der Waals surface area contributed by atoms with Crippen molar-refractivity contribution >= 4 is 16.9 Å². The predicted octanol–water partition coefficient (Wildman–Crippen LogP) is 3.04. The molecule has 1 saturated carbocycles. The number of fused-ring (bicyclic) bond motifs is 1. The number of rotatable bonds is 4. The lowest BCUT2D eigenvalue weighted by atomic mass is 9.89. The molecule has 1 aromatic carbocycles. The SMILES string of the molecule is Cc1nc2ccccc2n1CCNC(=O)C1CCCCC1. The lowest BCUT2D eigenvalue weighted by Crippen LogP contribution is -2.34. The van der Waals surface area contributed by atoms with Crippen molar-refractivity contribution in [3.63, 3.8) is 0 Å². The summed E-state index contributed by atoms with van der Waals surface area (Å²) in [5.41, 5.74) is 2.16. The number of aromatic nitrogens is 2. The Morgan fingerprint density at radius 2 is 2.05 bits per heavy atom. The van der Waals surface area contributed by atoms with E-state index in [-0.39, 0.29) is 11.8 Å². The minimum Gasteiger partial charge on any atom is -0.354 e. The zero-order valence-electron chi connectivity index (χ0n) is 12.6. The number of hydrogen-bond acceptors (Lipinski definition) is 2. The van der Waals surface area contributed by atoms with Gasteiger partial charge >= 0.3 is 0 Å². The van der Waals surface area contributed by atoms with Crippen LogP contribution in [-0.4, -0.2) is 22.0 Å². The van der Waals surface area contributed by atoms with Crippen LogP contribution < -0.4 is 5.32 Å². The van der Waals surface area contributed by atoms with Crippen molar-refractivity contribution in [2.75, 3.05) is 6.54 Å². The predicted molar refractivity (Wildman–Crippen MR) is 84.1 cm³/mol. The van der Waals surface area contributed by atoms with Crippen molar-refractivity contribution < 1.29 is 4.79 Å². The minimum absolute atomic E-state index is 0.233. The molecular formula is C17H23N3O. The Balaban J connectivity index is 1.59. The number of benzene rings is 1. The molecule has 0 radical (unpaired) electrons. The van der Waals surface area contributed by atoms with Gasteiger partial charge in [-0.3, -0.25) is 4.79 Å². The maximum absolute atomic E-state index is 12.1. The number of carbonyl (C=O) groups excluding carboxylic acids is 1. The van der Waals surface area contributed by atoms with E-state index in [9.17, 15) is 4.79 Å². The van der Waals surface area contributed by atoms with Gasteiger partial charge < -0.3 is 9.88 Å². The van der Waals surface area contributed by atoms with Gasteiger partial charge in [-0.25, -0.2) is 4.98 Å². The molecule has 0 unspecified atom stereocenters. The van der Waals surface area contributed by atoms with E-state index in [1.807, 2.05) is 25.1 Å². The fourth-order valence-corrected chi connectivity index (χ4v) is 3.28. The average molecular weight is 285 g/mol. The van der Waals surface area contributed by atoms with Gasteiger partial charge in [-0.05, 0) is 31.9 Å². The van der Waals surface area contributed by atoms with Crippen molar-refractivity contribution in [3.05, 3.63) is 30.1 Å². The van der Waals surface area contributed by atoms with Gasteiger partial charge in [0.05, 0.1) is 11.0 Å². The molecule has 1 aliphatic rings. The number of aryl methyl sites for hydroxylation is 1. The highest BCUT2D eigenvalue weighted by atomic mass is 16.1. The van der Waals surface area contributed by atoms with Gasteiger partial charge in [-0.1, -0.05) is 31.4 Å². The number of amides is 1. The Hall–Kier alpha value is -1.84. The molecule has 1 amide bonds. The summed E-state index contributed by atoms with van der Waals surface area (Å²) >= 11 is 0. The first-order valence-corrected chi connectivity index (χ1v) is 7.95. The smallest absolute Gasteiger partial charge is 0.223 e. The number of imidazole rings is 1. The summed E-state index contributed by atoms with van der Waals surface area (Å²) < 4.78 is 2.18. The van der Waals surface area contributed by atoms with Crippen molar-refractivity contribution in [3.8, 4) is 0 Å². The van der Waals surface area contributed by atoms with Gasteiger partial charge in [0.1, 0.15) is 5.82 Å². The summed E-state index contributed by atoms with van der Waals surface area (Å²) in [6, 6.07) is 8.14. The molecule has 0 saturated heterocycles. The van der Waals surface area contributed by atoms with E-state index in [1.165, 1.54) is 19.3 Å². The molecule has 1 aliphatic carbocycles. The molecular weight excluding hydrogens is 262 g/mol. The minimum atomic E-state index is 0.233. The monoisotopic (exact) mass is 285 g/mol. The molecule has 1 N–H and O–H groups in total. The number of para-hydroxylation sites is 2. The van der Waals surface area contributed by atoms with Crippen LogP contribution in [0.15, 0.2) is 24.3 Å². The van der Waals surface area contributed by atoms with Gasteiger partial charge in [0, 0.05) is 19.0 Å². The topological polar surface area (TPSA) is 46.9 Å². The lowest BCUT2D eigenvalue weighted by molar-refractivity contribution is -0.125. The van der Waals surface area contributed by atoms with Crippen LogP contribution in [0.25, 0.3) is 11.0 Å². The van der Waals surface area contributed by atoms with Gasteiger partial charge in [0.2, 0.25) is 5.91 Å². The summed E-state index contributed by atoms with van der Waals surface area (Å²) in [5.74, 6) is 1.47. The lowest BCUT2D eigenvalue weighted by Gasteiger charge is -2.20. The van der Waals surface area contributed by atoms with Crippen molar-refractivity contribution in [1.82, 2.24) is 14.9 Å². The molecule has 1 heterocycles. The van der Waals surface area contributed by atoms with Crippen molar-refractivity contribution in [1.29, 1.82) is 0 Å². The molecule has 0 spiro atoms. The molecule has 2 aromatic rings. The van der Waals surface area contributed by atoms with Crippen LogP contribution in [0.4, 0.5) is 0 Å². The zero-order valence-corrected chi connectivity index (χ0v) is 12.6. The first-order chi connectivity index (χ1) is 10.3. The quantitative estimate of drug-likeness (QED) is 0.938. The Morgan fingerprint density at radius 1 is 1.29 bits per heavy atom. The Morgan fingerprint density at radius 3 is 2.86 bits per heavy atom. The molecule has 0 atom stereocenters. The van der Waals surface area contributed by atoms with E-state index in [0.29, 0.717) is 6.54 Å². The number of carbonyl (C=O) groups is 1. The van der Waals surface area contributed by atoms with Crippen molar-refractivity contribution in [2.24, 2.45) is 5.92 Å². The van der Waals surface area contributed by atoms with E-state index >= 15 is 0 Å². The van der Waals surface area contributed by atoms with Gasteiger partial charge in [-0.2, -0.15) is 0 Å². The standard InChI is InChI=1S/C17H23N3O/c1-13-19-15-9-5-6-10-16(15)20(13)12-11-18-17(21)14-7-3-2-4-8-14/h5-6,9-10,14H,2-4,7-8,11-12H2,1H3,(H,18,21). The van der Waals surface area contributed by atoms with Crippen LogP contribution in [0.1, 0.15) is 37.9 Å². The second-order valence-corrected chi connectivity index (χ2v) is 5.93. The number of hydrogen-bond donors (Lipinski definition) is 1. The summed E-state index contributed by atoms with van der Waals surface area (Å²) in [4.78, 5) is 16.7. The largest absolute Gasteiger partial charge is 0.354 e. The highest BCUT2D eigenvalue weighted by Gasteiger charge is 2.20. The van der Waals surface area contributed by atoms with Crippen LogP contribution in [0.5, 0.6) is 0 Å². The third kappa shape index (κ3) is 3.09. The molecule has 21 heavy (non-hydrogen) atoms.